The fourth-order valence-corrected chi connectivity index (χ4v) is 0.915. The molecule has 1 unspecified atom stereocenters. The molecule has 0 aliphatic carbocycles. The number of rotatable bonds is 3. The quantitative estimate of drug-likeness (QED) is 0.673. The summed E-state index contributed by atoms with van der Waals surface area (Å²) in [5.41, 5.74) is 5.39. The van der Waals surface area contributed by atoms with Crippen LogP contribution in [0.1, 0.15) is 19.4 Å². The van der Waals surface area contributed by atoms with E-state index in [0.717, 1.165) is 13.0 Å². The van der Waals surface area contributed by atoms with E-state index in [4.69, 9.17) is 5.73 Å². The minimum absolute atomic E-state index is 0.431. The standard InChI is InChI=1S/C7H13N3/c1-7(3-4-8)10-6-2-5-9-10/h2,5-7H,3-4,8H2,1H3. The van der Waals surface area contributed by atoms with Crippen LogP contribution in [-0.2, 0) is 0 Å². The molecule has 3 heteroatoms. The smallest absolute Gasteiger partial charge is 0.0503 e. The van der Waals surface area contributed by atoms with Crippen molar-refractivity contribution < 1.29 is 0 Å². The van der Waals surface area contributed by atoms with Gasteiger partial charge in [0, 0.05) is 12.4 Å². The van der Waals surface area contributed by atoms with Crippen LogP contribution in [0, 0.1) is 0 Å². The van der Waals surface area contributed by atoms with Crippen molar-refractivity contribution >= 4 is 0 Å². The van der Waals surface area contributed by atoms with Crippen molar-refractivity contribution in [1.82, 2.24) is 9.78 Å². The number of nitrogens with two attached hydrogens (primary N) is 1. The lowest BCUT2D eigenvalue weighted by molar-refractivity contribution is 0.465. The average Bonchev–Trinajstić information content (AvgIpc) is 2.38. The van der Waals surface area contributed by atoms with Gasteiger partial charge in [0.15, 0.2) is 0 Å². The van der Waals surface area contributed by atoms with Crippen LogP contribution in [0.4, 0.5) is 0 Å². The first kappa shape index (κ1) is 7.28. The maximum Gasteiger partial charge on any atom is 0.0503 e. The summed E-state index contributed by atoms with van der Waals surface area (Å²) in [6.45, 7) is 2.83. The van der Waals surface area contributed by atoms with Crippen molar-refractivity contribution in [3.63, 3.8) is 0 Å². The number of nitrogens with zero attached hydrogens (tertiary/aromatic N) is 2. The summed E-state index contributed by atoms with van der Waals surface area (Å²) in [5.74, 6) is 0. The second-order valence-electron chi connectivity index (χ2n) is 2.41. The third-order valence-electron chi connectivity index (χ3n) is 1.56. The van der Waals surface area contributed by atoms with E-state index < -0.39 is 0 Å². The molecule has 0 aliphatic heterocycles. The molecule has 0 radical (unpaired) electrons. The van der Waals surface area contributed by atoms with Crippen LogP contribution in [-0.4, -0.2) is 16.3 Å². The van der Waals surface area contributed by atoms with E-state index in [1.807, 2.05) is 16.9 Å². The first-order valence-electron chi connectivity index (χ1n) is 3.54. The van der Waals surface area contributed by atoms with Gasteiger partial charge in [0.05, 0.1) is 6.04 Å². The molecule has 56 valence electrons. The Morgan fingerprint density at radius 3 is 3.00 bits per heavy atom. The van der Waals surface area contributed by atoms with Crippen LogP contribution >= 0.6 is 0 Å². The molecule has 0 fully saturated rings. The van der Waals surface area contributed by atoms with Crippen LogP contribution in [0.3, 0.4) is 0 Å². The van der Waals surface area contributed by atoms with Gasteiger partial charge in [-0.1, -0.05) is 0 Å². The second kappa shape index (κ2) is 3.37. The average molecular weight is 139 g/mol. The summed E-state index contributed by atoms with van der Waals surface area (Å²) < 4.78 is 1.92. The largest absolute Gasteiger partial charge is 0.330 e. The van der Waals surface area contributed by atoms with Crippen LogP contribution in [0.15, 0.2) is 18.5 Å². The lowest BCUT2D eigenvalue weighted by Gasteiger charge is -2.09. The Labute approximate surface area is 60.8 Å². The molecule has 0 aromatic carbocycles. The molecule has 0 spiro atoms. The Balaban J connectivity index is 2.50. The maximum atomic E-state index is 5.39. The second-order valence-corrected chi connectivity index (χ2v) is 2.41. The molecule has 1 aromatic rings. The first-order chi connectivity index (χ1) is 4.84. The zero-order valence-electron chi connectivity index (χ0n) is 6.20. The maximum absolute atomic E-state index is 5.39. The number of hydrogen-bond acceptors (Lipinski definition) is 2. The van der Waals surface area contributed by atoms with E-state index >= 15 is 0 Å². The lowest BCUT2D eigenvalue weighted by atomic mass is 10.2. The molecule has 3 nitrogen and oxygen atoms in total. The molecule has 0 saturated heterocycles. The molecule has 1 heterocycles. The van der Waals surface area contributed by atoms with E-state index in [2.05, 4.69) is 12.0 Å². The predicted octanol–water partition coefficient (Wildman–Crippen LogP) is 0.793. The van der Waals surface area contributed by atoms with Gasteiger partial charge in [-0.25, -0.2) is 0 Å². The van der Waals surface area contributed by atoms with Gasteiger partial charge < -0.3 is 5.73 Å². The highest BCUT2D eigenvalue weighted by atomic mass is 15.3. The lowest BCUT2D eigenvalue weighted by Crippen LogP contribution is -2.11. The van der Waals surface area contributed by atoms with E-state index in [9.17, 15) is 0 Å². The van der Waals surface area contributed by atoms with Crippen molar-refractivity contribution in [3.05, 3.63) is 18.5 Å². The van der Waals surface area contributed by atoms with Crippen LogP contribution < -0.4 is 5.73 Å². The molecular weight excluding hydrogens is 126 g/mol. The van der Waals surface area contributed by atoms with Crippen molar-refractivity contribution in [2.24, 2.45) is 5.73 Å². The van der Waals surface area contributed by atoms with Crippen LogP contribution in [0.5, 0.6) is 0 Å². The van der Waals surface area contributed by atoms with Crippen LogP contribution in [0.2, 0.25) is 0 Å². The van der Waals surface area contributed by atoms with Gasteiger partial charge >= 0.3 is 0 Å². The minimum Gasteiger partial charge on any atom is -0.330 e. The Bertz CT molecular complexity index is 169. The summed E-state index contributed by atoms with van der Waals surface area (Å²) in [7, 11) is 0. The molecule has 10 heavy (non-hydrogen) atoms. The highest BCUT2D eigenvalue weighted by Crippen LogP contribution is 2.05. The van der Waals surface area contributed by atoms with Crippen molar-refractivity contribution in [1.29, 1.82) is 0 Å². The minimum atomic E-state index is 0.431. The first-order valence-corrected chi connectivity index (χ1v) is 3.54. The molecule has 2 N–H and O–H groups in total. The topological polar surface area (TPSA) is 43.8 Å². The van der Waals surface area contributed by atoms with E-state index in [-0.39, 0.29) is 0 Å². The monoisotopic (exact) mass is 139 g/mol. The molecule has 1 rings (SSSR count). The van der Waals surface area contributed by atoms with Gasteiger partial charge in [-0.2, -0.15) is 5.10 Å². The number of hydrogen-bond donors (Lipinski definition) is 1. The Hall–Kier alpha value is -0.830. The van der Waals surface area contributed by atoms with E-state index in [1.165, 1.54) is 0 Å². The van der Waals surface area contributed by atoms with Crippen molar-refractivity contribution in [3.8, 4) is 0 Å². The summed E-state index contributed by atoms with van der Waals surface area (Å²) in [6, 6.07) is 2.35. The summed E-state index contributed by atoms with van der Waals surface area (Å²) in [5, 5.41) is 4.10. The molecule has 0 amide bonds. The normalized spacial score (nSPS) is 13.4. The van der Waals surface area contributed by atoms with Crippen molar-refractivity contribution in [2.75, 3.05) is 6.54 Å². The molecule has 0 saturated carbocycles. The Kier molecular flexibility index (Phi) is 2.45. The highest BCUT2D eigenvalue weighted by molar-refractivity contribution is 4.80. The molecule has 0 aliphatic rings. The zero-order chi connectivity index (χ0) is 7.40. The van der Waals surface area contributed by atoms with E-state index in [0.29, 0.717) is 6.04 Å². The third-order valence-corrected chi connectivity index (χ3v) is 1.56. The molecule has 1 aromatic heterocycles. The van der Waals surface area contributed by atoms with Crippen LogP contribution in [0.25, 0.3) is 0 Å². The van der Waals surface area contributed by atoms with Gasteiger partial charge in [-0.15, -0.1) is 0 Å². The fraction of sp³-hybridized carbons (Fsp3) is 0.571. The summed E-state index contributed by atoms with van der Waals surface area (Å²) in [4.78, 5) is 0. The van der Waals surface area contributed by atoms with Gasteiger partial charge in [0.25, 0.3) is 0 Å². The summed E-state index contributed by atoms with van der Waals surface area (Å²) >= 11 is 0. The molecular formula is C7H13N3. The summed E-state index contributed by atoms with van der Waals surface area (Å²) in [6.07, 6.45) is 4.73. The zero-order valence-corrected chi connectivity index (χ0v) is 6.20. The third kappa shape index (κ3) is 1.57. The fourth-order valence-electron chi connectivity index (χ4n) is 0.915. The molecule has 1 atom stereocenters. The molecule has 0 bridgehead atoms. The highest BCUT2D eigenvalue weighted by Gasteiger charge is 2.00. The van der Waals surface area contributed by atoms with Gasteiger partial charge in [0.2, 0.25) is 0 Å². The van der Waals surface area contributed by atoms with Gasteiger partial charge in [-0.05, 0) is 26.0 Å². The van der Waals surface area contributed by atoms with Gasteiger partial charge in [0.1, 0.15) is 0 Å². The van der Waals surface area contributed by atoms with E-state index in [1.54, 1.807) is 6.20 Å². The van der Waals surface area contributed by atoms with Gasteiger partial charge in [-0.3, -0.25) is 4.68 Å². The predicted molar refractivity (Wildman–Crippen MR) is 40.6 cm³/mol. The Morgan fingerprint density at radius 2 is 2.50 bits per heavy atom. The SMILES string of the molecule is CC(CCN)n1cccn1. The van der Waals surface area contributed by atoms with Crippen molar-refractivity contribution in [2.45, 2.75) is 19.4 Å². The number of aromatic nitrogens is 2. The Morgan fingerprint density at radius 1 is 1.70 bits per heavy atom.